The Morgan fingerprint density at radius 3 is 2.73 bits per heavy atom. The minimum atomic E-state index is 0.0410. The van der Waals surface area contributed by atoms with Crippen LogP contribution < -0.4 is 4.90 Å². The van der Waals surface area contributed by atoms with Gasteiger partial charge >= 0.3 is 0 Å². The van der Waals surface area contributed by atoms with E-state index in [0.717, 1.165) is 54.8 Å². The molecule has 3 heterocycles. The van der Waals surface area contributed by atoms with E-state index >= 15 is 0 Å². The molecule has 2 aliphatic heterocycles. The first-order valence-electron chi connectivity index (χ1n) is 11.1. The van der Waals surface area contributed by atoms with E-state index in [4.69, 9.17) is 17.2 Å². The number of para-hydroxylation sites is 1. The summed E-state index contributed by atoms with van der Waals surface area (Å²) in [6.45, 7) is 4.95. The molecule has 30 heavy (non-hydrogen) atoms. The van der Waals surface area contributed by atoms with Crippen LogP contribution in [0.15, 0.2) is 35.2 Å². The minimum Gasteiger partial charge on any atom is -0.356 e. The number of piperidine rings is 1. The van der Waals surface area contributed by atoms with E-state index < -0.39 is 0 Å². The van der Waals surface area contributed by atoms with Crippen LogP contribution in [0, 0.1) is 0 Å². The first-order valence-corrected chi connectivity index (χ1v) is 12.3. The highest BCUT2D eigenvalue weighted by molar-refractivity contribution is 8.26. The van der Waals surface area contributed by atoms with E-state index in [1.54, 1.807) is 4.90 Å². The summed E-state index contributed by atoms with van der Waals surface area (Å²) in [5.74, 6) is 1.03. The topological polar surface area (TPSA) is 36.4 Å². The molecule has 2 saturated heterocycles. The van der Waals surface area contributed by atoms with Gasteiger partial charge in [-0.25, -0.2) is 4.98 Å². The highest BCUT2D eigenvalue weighted by Gasteiger charge is 2.32. The van der Waals surface area contributed by atoms with Crippen LogP contribution in [-0.2, 0) is 4.79 Å². The second kappa shape index (κ2) is 9.92. The van der Waals surface area contributed by atoms with E-state index in [1.165, 1.54) is 43.9 Å². The quantitative estimate of drug-likeness (QED) is 0.300. The molecule has 1 aromatic carbocycles. The highest BCUT2D eigenvalue weighted by Crippen LogP contribution is 2.35. The van der Waals surface area contributed by atoms with Crippen molar-refractivity contribution in [2.75, 3.05) is 24.5 Å². The highest BCUT2D eigenvalue weighted by atomic mass is 32.2. The maximum Gasteiger partial charge on any atom is 0.266 e. The lowest BCUT2D eigenvalue weighted by Crippen LogP contribution is -2.31. The monoisotopic (exact) mass is 439 g/mol. The Morgan fingerprint density at radius 2 is 1.93 bits per heavy atom. The molecule has 2 fully saturated rings. The zero-order chi connectivity index (χ0) is 20.9. The van der Waals surface area contributed by atoms with Crippen LogP contribution in [0.5, 0.6) is 0 Å². The van der Waals surface area contributed by atoms with E-state index in [2.05, 4.69) is 30.0 Å². The van der Waals surface area contributed by atoms with Crippen LogP contribution >= 0.6 is 24.0 Å². The maximum atomic E-state index is 13.1. The predicted octanol–water partition coefficient (Wildman–Crippen LogP) is 6.01. The number of thiocarbonyl (C=S) groups is 1. The summed E-state index contributed by atoms with van der Waals surface area (Å²) < 4.78 is 0.677. The SMILES string of the molecule is CCCCCCN1C(=O)/C(=C/c2cc3ccccc3nc2N2CCCCC2)SC1=S. The lowest BCUT2D eigenvalue weighted by atomic mass is 10.1. The molecule has 0 aliphatic carbocycles. The van der Waals surface area contributed by atoms with Gasteiger partial charge in [0, 0.05) is 30.6 Å². The van der Waals surface area contributed by atoms with Crippen molar-refractivity contribution in [3.63, 3.8) is 0 Å². The molecule has 0 unspecified atom stereocenters. The Kier molecular flexibility index (Phi) is 7.05. The third-order valence-corrected chi connectivity index (χ3v) is 7.16. The van der Waals surface area contributed by atoms with Gasteiger partial charge in [-0.2, -0.15) is 0 Å². The molecule has 6 heteroatoms. The Morgan fingerprint density at radius 1 is 1.13 bits per heavy atom. The smallest absolute Gasteiger partial charge is 0.266 e. The normalized spacial score (nSPS) is 18.8. The van der Waals surface area contributed by atoms with Crippen molar-refractivity contribution in [2.45, 2.75) is 51.9 Å². The number of hydrogen-bond acceptors (Lipinski definition) is 5. The van der Waals surface area contributed by atoms with Crippen molar-refractivity contribution < 1.29 is 4.79 Å². The van der Waals surface area contributed by atoms with Crippen molar-refractivity contribution in [1.82, 2.24) is 9.88 Å². The van der Waals surface area contributed by atoms with Gasteiger partial charge in [0.15, 0.2) is 0 Å². The second-order valence-corrected chi connectivity index (χ2v) is 9.71. The van der Waals surface area contributed by atoms with Gasteiger partial charge in [-0.1, -0.05) is 68.4 Å². The summed E-state index contributed by atoms with van der Waals surface area (Å²) in [4.78, 5) is 22.9. The van der Waals surface area contributed by atoms with Crippen LogP contribution in [0.3, 0.4) is 0 Å². The Bertz CT molecular complexity index is 966. The standard InChI is InChI=1S/C24H29N3OS2/c1-2-3-4-10-15-27-23(28)21(30-24(27)29)17-19-16-18-11-6-7-12-20(18)25-22(19)26-13-8-5-9-14-26/h6-7,11-12,16-17H,2-5,8-10,13-15H2,1H3/b21-17-. The second-order valence-electron chi connectivity index (χ2n) is 8.04. The number of benzene rings is 1. The fourth-order valence-corrected chi connectivity index (χ4v) is 5.42. The summed E-state index contributed by atoms with van der Waals surface area (Å²) in [6, 6.07) is 10.4. The number of pyridine rings is 1. The van der Waals surface area contributed by atoms with Crippen molar-refractivity contribution in [3.8, 4) is 0 Å². The number of fused-ring (bicyclic) bond motifs is 1. The van der Waals surface area contributed by atoms with Gasteiger partial charge in [0.05, 0.1) is 10.4 Å². The van der Waals surface area contributed by atoms with Gasteiger partial charge in [-0.05, 0) is 43.9 Å². The van der Waals surface area contributed by atoms with E-state index in [1.807, 2.05) is 18.2 Å². The van der Waals surface area contributed by atoms with Gasteiger partial charge < -0.3 is 4.90 Å². The molecule has 4 nitrogen and oxygen atoms in total. The molecule has 0 spiro atoms. The molecule has 0 radical (unpaired) electrons. The van der Waals surface area contributed by atoms with Gasteiger partial charge in [0.1, 0.15) is 10.1 Å². The molecule has 0 atom stereocenters. The minimum absolute atomic E-state index is 0.0410. The molecule has 158 valence electrons. The van der Waals surface area contributed by atoms with Crippen LogP contribution in [-0.4, -0.2) is 39.7 Å². The van der Waals surface area contributed by atoms with Crippen molar-refractivity contribution in [3.05, 3.63) is 40.8 Å². The molecule has 0 N–H and O–H groups in total. The fourth-order valence-electron chi connectivity index (χ4n) is 4.12. The van der Waals surface area contributed by atoms with Gasteiger partial charge in [0.2, 0.25) is 0 Å². The molecule has 1 amide bonds. The zero-order valence-electron chi connectivity index (χ0n) is 17.6. The van der Waals surface area contributed by atoms with Gasteiger partial charge in [-0.15, -0.1) is 0 Å². The number of hydrogen-bond donors (Lipinski definition) is 0. The average molecular weight is 440 g/mol. The van der Waals surface area contributed by atoms with Crippen LogP contribution in [0.1, 0.15) is 57.4 Å². The summed E-state index contributed by atoms with van der Waals surface area (Å²) >= 11 is 6.95. The first kappa shape index (κ1) is 21.3. The van der Waals surface area contributed by atoms with Gasteiger partial charge in [0.25, 0.3) is 5.91 Å². The number of nitrogens with zero attached hydrogens (tertiary/aromatic N) is 3. The summed E-state index contributed by atoms with van der Waals surface area (Å²) in [5.41, 5.74) is 2.01. The van der Waals surface area contributed by atoms with Crippen LogP contribution in [0.25, 0.3) is 17.0 Å². The molecule has 4 rings (SSSR count). The zero-order valence-corrected chi connectivity index (χ0v) is 19.2. The average Bonchev–Trinajstić information content (AvgIpc) is 3.04. The van der Waals surface area contributed by atoms with E-state index in [9.17, 15) is 4.79 Å². The number of carbonyl (C=O) groups excluding carboxylic acids is 1. The molecule has 0 saturated carbocycles. The predicted molar refractivity (Wildman–Crippen MR) is 132 cm³/mol. The van der Waals surface area contributed by atoms with Crippen LogP contribution in [0.2, 0.25) is 0 Å². The maximum absolute atomic E-state index is 13.1. The number of thioether (sulfide) groups is 1. The van der Waals surface area contributed by atoms with E-state index in [-0.39, 0.29) is 5.91 Å². The molecular formula is C24H29N3OS2. The summed E-state index contributed by atoms with van der Waals surface area (Å²) in [6.07, 6.45) is 10.2. The van der Waals surface area contributed by atoms with Crippen LogP contribution in [0.4, 0.5) is 5.82 Å². The lowest BCUT2D eigenvalue weighted by Gasteiger charge is -2.29. The largest absolute Gasteiger partial charge is 0.356 e. The lowest BCUT2D eigenvalue weighted by molar-refractivity contribution is -0.122. The Hall–Kier alpha value is -1.92. The Balaban J connectivity index is 1.64. The molecule has 2 aromatic rings. The van der Waals surface area contributed by atoms with Crippen molar-refractivity contribution in [1.29, 1.82) is 0 Å². The number of rotatable bonds is 7. The van der Waals surface area contributed by atoms with Gasteiger partial charge in [-0.3, -0.25) is 9.69 Å². The third kappa shape index (κ3) is 4.70. The van der Waals surface area contributed by atoms with E-state index in [0.29, 0.717) is 9.23 Å². The molecular weight excluding hydrogens is 410 g/mol. The van der Waals surface area contributed by atoms with Crippen molar-refractivity contribution >= 4 is 57.0 Å². The number of carbonyl (C=O) groups is 1. The molecule has 0 bridgehead atoms. The molecule has 1 aromatic heterocycles. The summed E-state index contributed by atoms with van der Waals surface area (Å²) in [7, 11) is 0. The number of aromatic nitrogens is 1. The number of anilines is 1. The Labute approximate surface area is 188 Å². The summed E-state index contributed by atoms with van der Waals surface area (Å²) in [5, 5.41) is 1.10. The van der Waals surface area contributed by atoms with Crippen molar-refractivity contribution in [2.24, 2.45) is 0 Å². The number of unbranched alkanes of at least 4 members (excludes halogenated alkanes) is 3. The number of amides is 1. The fraction of sp³-hybridized carbons (Fsp3) is 0.458. The molecule has 2 aliphatic rings. The first-order chi connectivity index (χ1) is 14.7. The third-order valence-electron chi connectivity index (χ3n) is 5.78.